The maximum absolute atomic E-state index is 11.1. The molecule has 0 aromatic heterocycles. The van der Waals surface area contributed by atoms with E-state index in [1.165, 1.54) is 0 Å². The first-order valence-corrected chi connectivity index (χ1v) is 6.13. The van der Waals surface area contributed by atoms with Crippen LogP contribution in [0, 0.1) is 6.92 Å². The highest BCUT2D eigenvalue weighted by atomic mass is 79.9. The van der Waals surface area contributed by atoms with Gasteiger partial charge in [0, 0.05) is 4.47 Å². The Morgan fingerprint density at radius 2 is 2.00 bits per heavy atom. The molecule has 0 bridgehead atoms. The summed E-state index contributed by atoms with van der Waals surface area (Å²) < 4.78 is 6.47. The second-order valence-electron chi connectivity index (χ2n) is 3.86. The van der Waals surface area contributed by atoms with E-state index in [1.807, 2.05) is 25.1 Å². The molecule has 0 amide bonds. The Balaban J connectivity index is 2.37. The predicted molar refractivity (Wildman–Crippen MR) is 72.4 cm³/mol. The number of aromatic carboxylic acids is 1. The van der Waals surface area contributed by atoms with E-state index in [0.717, 1.165) is 10.0 Å². The van der Waals surface area contributed by atoms with E-state index < -0.39 is 5.97 Å². The summed E-state index contributed by atoms with van der Waals surface area (Å²) in [7, 11) is 0. The van der Waals surface area contributed by atoms with Crippen LogP contribution in [0.2, 0.25) is 0 Å². The Kier molecular flexibility index (Phi) is 3.67. The van der Waals surface area contributed by atoms with Gasteiger partial charge < -0.3 is 9.84 Å². The molecule has 92 valence electrons. The first-order valence-electron chi connectivity index (χ1n) is 5.33. The van der Waals surface area contributed by atoms with E-state index >= 15 is 0 Å². The summed E-state index contributed by atoms with van der Waals surface area (Å²) in [5.41, 5.74) is 1.05. The summed E-state index contributed by atoms with van der Waals surface area (Å²) in [5, 5.41) is 9.13. The minimum atomic E-state index is -0.997. The minimum absolute atomic E-state index is 0.162. The highest BCUT2D eigenvalue weighted by Crippen LogP contribution is 2.28. The number of halogens is 1. The van der Waals surface area contributed by atoms with Gasteiger partial charge in [0.05, 0.1) is 0 Å². The van der Waals surface area contributed by atoms with Crippen LogP contribution in [0.3, 0.4) is 0 Å². The van der Waals surface area contributed by atoms with Gasteiger partial charge in [-0.1, -0.05) is 33.6 Å². The average Bonchev–Trinajstić information content (AvgIpc) is 2.31. The zero-order valence-corrected chi connectivity index (χ0v) is 11.3. The Bertz CT molecular complexity index is 593. The fourth-order valence-electron chi connectivity index (χ4n) is 1.56. The standard InChI is InChI=1S/C14H11BrO3/c1-9-5-6-13(12(7-9)14(16)17)18-11-4-2-3-10(15)8-11/h2-8H,1H3,(H,16,17). The molecule has 0 saturated carbocycles. The molecule has 0 saturated heterocycles. The molecule has 18 heavy (non-hydrogen) atoms. The molecule has 0 atom stereocenters. The molecule has 0 fully saturated rings. The smallest absolute Gasteiger partial charge is 0.339 e. The van der Waals surface area contributed by atoms with Gasteiger partial charge in [0.25, 0.3) is 0 Å². The fourth-order valence-corrected chi connectivity index (χ4v) is 1.94. The fraction of sp³-hybridized carbons (Fsp3) is 0.0714. The van der Waals surface area contributed by atoms with Crippen molar-refractivity contribution in [3.63, 3.8) is 0 Å². The summed E-state index contributed by atoms with van der Waals surface area (Å²) in [5.74, 6) is -0.0642. The number of rotatable bonds is 3. The molecule has 4 heteroatoms. The van der Waals surface area contributed by atoms with Crippen molar-refractivity contribution in [1.29, 1.82) is 0 Å². The zero-order chi connectivity index (χ0) is 13.1. The number of ether oxygens (including phenoxy) is 1. The molecule has 2 aromatic carbocycles. The predicted octanol–water partition coefficient (Wildman–Crippen LogP) is 4.25. The van der Waals surface area contributed by atoms with E-state index in [1.54, 1.807) is 24.3 Å². The van der Waals surface area contributed by atoms with E-state index in [2.05, 4.69) is 15.9 Å². The number of aryl methyl sites for hydroxylation is 1. The van der Waals surface area contributed by atoms with Gasteiger partial charge in [-0.05, 0) is 37.3 Å². The van der Waals surface area contributed by atoms with Crippen molar-refractivity contribution < 1.29 is 14.6 Å². The van der Waals surface area contributed by atoms with Gasteiger partial charge in [0.15, 0.2) is 0 Å². The maximum Gasteiger partial charge on any atom is 0.339 e. The Morgan fingerprint density at radius 1 is 1.22 bits per heavy atom. The Labute approximate surface area is 113 Å². The van der Waals surface area contributed by atoms with Gasteiger partial charge in [-0.3, -0.25) is 0 Å². The lowest BCUT2D eigenvalue weighted by Gasteiger charge is -2.09. The quantitative estimate of drug-likeness (QED) is 0.922. The summed E-state index contributed by atoms with van der Waals surface area (Å²) >= 11 is 3.34. The summed E-state index contributed by atoms with van der Waals surface area (Å²) in [6, 6.07) is 12.3. The lowest BCUT2D eigenvalue weighted by Crippen LogP contribution is -2.00. The van der Waals surface area contributed by atoms with E-state index in [0.29, 0.717) is 11.5 Å². The first-order chi connectivity index (χ1) is 8.56. The molecule has 1 N–H and O–H groups in total. The molecule has 0 aliphatic carbocycles. The lowest BCUT2D eigenvalue weighted by atomic mass is 10.1. The molecule has 0 spiro atoms. The molecule has 0 radical (unpaired) electrons. The second kappa shape index (κ2) is 5.23. The number of hydrogen-bond donors (Lipinski definition) is 1. The number of carboxylic acids is 1. The molecular formula is C14H11BrO3. The highest BCUT2D eigenvalue weighted by Gasteiger charge is 2.12. The van der Waals surface area contributed by atoms with E-state index in [-0.39, 0.29) is 5.56 Å². The molecule has 0 unspecified atom stereocenters. The van der Waals surface area contributed by atoms with Gasteiger partial charge in [-0.25, -0.2) is 4.79 Å². The third kappa shape index (κ3) is 2.90. The van der Waals surface area contributed by atoms with Gasteiger partial charge in [-0.15, -0.1) is 0 Å². The molecule has 2 aromatic rings. The molecule has 3 nitrogen and oxygen atoms in total. The van der Waals surface area contributed by atoms with Crippen molar-refractivity contribution >= 4 is 21.9 Å². The van der Waals surface area contributed by atoms with Crippen LogP contribution in [0.5, 0.6) is 11.5 Å². The first kappa shape index (κ1) is 12.6. The van der Waals surface area contributed by atoms with Crippen LogP contribution in [0.1, 0.15) is 15.9 Å². The SMILES string of the molecule is Cc1ccc(Oc2cccc(Br)c2)c(C(=O)O)c1. The number of benzene rings is 2. The molecule has 0 aliphatic heterocycles. The molecule has 0 heterocycles. The van der Waals surface area contributed by atoms with Crippen LogP contribution >= 0.6 is 15.9 Å². The van der Waals surface area contributed by atoms with Crippen molar-refractivity contribution in [2.24, 2.45) is 0 Å². The van der Waals surface area contributed by atoms with Crippen LogP contribution in [0.15, 0.2) is 46.9 Å². The average molecular weight is 307 g/mol. The van der Waals surface area contributed by atoms with Crippen LogP contribution in [-0.4, -0.2) is 11.1 Å². The summed E-state index contributed by atoms with van der Waals surface area (Å²) in [6.07, 6.45) is 0. The molecule has 0 aliphatic rings. The van der Waals surface area contributed by atoms with Gasteiger partial charge in [-0.2, -0.15) is 0 Å². The monoisotopic (exact) mass is 306 g/mol. The third-order valence-electron chi connectivity index (χ3n) is 2.39. The van der Waals surface area contributed by atoms with E-state index in [9.17, 15) is 4.79 Å². The van der Waals surface area contributed by atoms with Crippen molar-refractivity contribution in [2.45, 2.75) is 6.92 Å². The number of carbonyl (C=O) groups is 1. The number of hydrogen-bond acceptors (Lipinski definition) is 2. The lowest BCUT2D eigenvalue weighted by molar-refractivity contribution is 0.0694. The van der Waals surface area contributed by atoms with Crippen LogP contribution in [0.4, 0.5) is 0 Å². The third-order valence-corrected chi connectivity index (χ3v) is 2.88. The topological polar surface area (TPSA) is 46.5 Å². The normalized spacial score (nSPS) is 10.1. The van der Waals surface area contributed by atoms with E-state index in [4.69, 9.17) is 9.84 Å². The van der Waals surface area contributed by atoms with Gasteiger partial charge >= 0.3 is 5.97 Å². The van der Waals surface area contributed by atoms with Gasteiger partial charge in [0.2, 0.25) is 0 Å². The van der Waals surface area contributed by atoms with Crippen molar-refractivity contribution in [3.8, 4) is 11.5 Å². The summed E-state index contributed by atoms with van der Waals surface area (Å²) in [4.78, 5) is 11.1. The molecular weight excluding hydrogens is 296 g/mol. The van der Waals surface area contributed by atoms with Crippen LogP contribution in [-0.2, 0) is 0 Å². The largest absolute Gasteiger partial charge is 0.478 e. The molecule has 2 rings (SSSR count). The highest BCUT2D eigenvalue weighted by molar-refractivity contribution is 9.10. The zero-order valence-electron chi connectivity index (χ0n) is 9.68. The van der Waals surface area contributed by atoms with Gasteiger partial charge in [0.1, 0.15) is 17.1 Å². The van der Waals surface area contributed by atoms with Crippen LogP contribution in [0.25, 0.3) is 0 Å². The number of carboxylic acid groups (broad SMARTS) is 1. The Morgan fingerprint density at radius 3 is 2.67 bits per heavy atom. The van der Waals surface area contributed by atoms with Crippen molar-refractivity contribution in [1.82, 2.24) is 0 Å². The maximum atomic E-state index is 11.1. The van der Waals surface area contributed by atoms with Crippen molar-refractivity contribution in [2.75, 3.05) is 0 Å². The summed E-state index contributed by atoms with van der Waals surface area (Å²) in [6.45, 7) is 1.84. The van der Waals surface area contributed by atoms with Crippen LogP contribution < -0.4 is 4.74 Å². The second-order valence-corrected chi connectivity index (χ2v) is 4.78. The van der Waals surface area contributed by atoms with Crippen molar-refractivity contribution in [3.05, 3.63) is 58.1 Å². The Hall–Kier alpha value is -1.81. The minimum Gasteiger partial charge on any atom is -0.478 e.